The van der Waals surface area contributed by atoms with Crippen LogP contribution < -0.4 is 5.32 Å². The van der Waals surface area contributed by atoms with Gasteiger partial charge in [0.2, 0.25) is 5.91 Å². The first-order chi connectivity index (χ1) is 16.9. The van der Waals surface area contributed by atoms with Gasteiger partial charge in [-0.25, -0.2) is 0 Å². The monoisotopic (exact) mass is 524 g/mol. The van der Waals surface area contributed by atoms with Gasteiger partial charge in [0.15, 0.2) is 0 Å². The lowest BCUT2D eigenvalue weighted by Crippen LogP contribution is -2.58. The predicted molar refractivity (Wildman–Crippen MR) is 137 cm³/mol. The van der Waals surface area contributed by atoms with Gasteiger partial charge in [-0.3, -0.25) is 9.35 Å². The molecule has 4 fully saturated rings. The highest BCUT2D eigenvalue weighted by Gasteiger charge is 2.62. The summed E-state index contributed by atoms with van der Waals surface area (Å²) in [5, 5.41) is 18.1. The molecule has 0 radical (unpaired) electrons. The lowest BCUT2D eigenvalue weighted by Gasteiger charge is -2.62. The molecule has 0 aromatic heterocycles. The lowest BCUT2D eigenvalue weighted by atomic mass is 9.43. The van der Waals surface area contributed by atoms with Crippen molar-refractivity contribution >= 4 is 16.0 Å². The molecular formula is C26H44N4O5S. The fraction of sp³-hybridized carbons (Fsp3) is 0.962. The van der Waals surface area contributed by atoms with E-state index in [4.69, 9.17) is 10.1 Å². The fourth-order valence-electron chi connectivity index (χ4n) is 9.32. The first kappa shape index (κ1) is 27.7. The molecule has 10 heteroatoms. The minimum Gasteiger partial charge on any atom is -0.393 e. The summed E-state index contributed by atoms with van der Waals surface area (Å²) in [6, 6.07) is 0.0626. The van der Waals surface area contributed by atoms with E-state index in [9.17, 15) is 18.3 Å². The molecule has 0 bridgehead atoms. The second-order valence-corrected chi connectivity index (χ2v) is 14.4. The predicted octanol–water partition coefficient (Wildman–Crippen LogP) is 4.72. The summed E-state index contributed by atoms with van der Waals surface area (Å²) in [5.74, 6) is 1.98. The average molecular weight is 525 g/mol. The summed E-state index contributed by atoms with van der Waals surface area (Å²) in [6.07, 6.45) is 9.08. The topological polar surface area (TPSA) is 152 Å². The van der Waals surface area contributed by atoms with Crippen LogP contribution in [0.15, 0.2) is 5.11 Å². The van der Waals surface area contributed by atoms with E-state index < -0.39 is 15.9 Å². The molecule has 0 aromatic carbocycles. The Hall–Kier alpha value is -1.35. The number of amides is 1. The molecule has 4 aliphatic rings. The van der Waals surface area contributed by atoms with Crippen molar-refractivity contribution in [2.24, 2.45) is 51.5 Å². The molecule has 204 valence electrons. The highest BCUT2D eigenvalue weighted by atomic mass is 32.2. The third-order valence-corrected chi connectivity index (χ3v) is 11.9. The molecule has 0 aliphatic heterocycles. The van der Waals surface area contributed by atoms with Crippen LogP contribution in [0, 0.1) is 46.3 Å². The molecule has 4 saturated carbocycles. The Morgan fingerprint density at radius 1 is 1.14 bits per heavy atom. The Morgan fingerprint density at radius 2 is 1.83 bits per heavy atom. The molecule has 36 heavy (non-hydrogen) atoms. The molecule has 0 heterocycles. The summed E-state index contributed by atoms with van der Waals surface area (Å²) in [6.45, 7) is 7.03. The molecule has 9 nitrogen and oxygen atoms in total. The normalized spacial score (nSPS) is 42.9. The minimum atomic E-state index is -4.07. The first-order valence-corrected chi connectivity index (χ1v) is 15.4. The Kier molecular flexibility index (Phi) is 8.02. The van der Waals surface area contributed by atoms with E-state index >= 15 is 0 Å². The van der Waals surface area contributed by atoms with Crippen LogP contribution in [-0.2, 0) is 14.9 Å². The standard InChI is InChI=1S/C26H44N4O5S/c1-16(4-7-23(32)28-12-13-36(33,34)35)19-5-6-20-24-21(9-11-26(19,20)3)25(2)10-8-18(29-30-27)14-17(25)15-22(24)31/h16-22,24,31H,4-15H2,1-3H3,(H,28,32)(H,33,34,35)/t16-,17?,18-,19-,20+,21+,22+,24?,25+,26-/m1/s1. The SMILES string of the molecule is C[C@H](CCC(=O)NCCS(=O)(=O)O)[C@H]1CC[C@H]2C3[C@@H](O)CC4C[C@H](N=[N+]=[N-])CC[C@]4(C)[C@H]3CC[C@]12C. The van der Waals surface area contributed by atoms with E-state index in [1.165, 1.54) is 0 Å². The Labute approximate surface area is 215 Å². The van der Waals surface area contributed by atoms with Crippen molar-refractivity contribution in [3.8, 4) is 0 Å². The molecule has 4 aliphatic carbocycles. The van der Waals surface area contributed by atoms with E-state index in [1.807, 2.05) is 0 Å². The van der Waals surface area contributed by atoms with Crippen LogP contribution in [-0.4, -0.2) is 48.4 Å². The summed E-state index contributed by atoms with van der Waals surface area (Å²) >= 11 is 0. The highest BCUT2D eigenvalue weighted by Crippen LogP contribution is 2.68. The van der Waals surface area contributed by atoms with E-state index in [2.05, 4.69) is 36.1 Å². The number of carbonyl (C=O) groups excluding carboxylic acids is 1. The van der Waals surface area contributed by atoms with E-state index in [0.717, 1.165) is 57.8 Å². The van der Waals surface area contributed by atoms with Crippen LogP contribution in [0.5, 0.6) is 0 Å². The number of fused-ring (bicyclic) bond motifs is 5. The smallest absolute Gasteiger partial charge is 0.266 e. The van der Waals surface area contributed by atoms with Crippen LogP contribution in [0.2, 0.25) is 0 Å². The van der Waals surface area contributed by atoms with Gasteiger partial charge in [0.25, 0.3) is 10.1 Å². The van der Waals surface area contributed by atoms with Gasteiger partial charge in [0, 0.05) is 23.9 Å². The number of azide groups is 1. The molecule has 4 rings (SSSR count). The maximum absolute atomic E-state index is 12.2. The van der Waals surface area contributed by atoms with Gasteiger partial charge in [-0.15, -0.1) is 0 Å². The lowest BCUT2D eigenvalue weighted by molar-refractivity contribution is -0.166. The number of carbonyl (C=O) groups is 1. The van der Waals surface area contributed by atoms with Gasteiger partial charge in [-0.1, -0.05) is 25.9 Å². The quantitative estimate of drug-likeness (QED) is 0.182. The molecule has 10 atom stereocenters. The molecule has 3 N–H and O–H groups in total. The number of hydrogen-bond acceptors (Lipinski definition) is 5. The number of rotatable bonds is 8. The highest BCUT2D eigenvalue weighted by molar-refractivity contribution is 7.85. The third kappa shape index (κ3) is 5.29. The summed E-state index contributed by atoms with van der Waals surface area (Å²) in [4.78, 5) is 15.3. The van der Waals surface area contributed by atoms with Crippen molar-refractivity contribution < 1.29 is 22.9 Å². The first-order valence-electron chi connectivity index (χ1n) is 13.8. The summed E-state index contributed by atoms with van der Waals surface area (Å²) < 4.78 is 30.5. The third-order valence-electron chi connectivity index (χ3n) is 11.1. The van der Waals surface area contributed by atoms with Gasteiger partial charge in [0.05, 0.1) is 11.9 Å². The van der Waals surface area contributed by atoms with Gasteiger partial charge in [-0.05, 0) is 110 Å². The van der Waals surface area contributed by atoms with Crippen molar-refractivity contribution in [3.05, 3.63) is 10.4 Å². The van der Waals surface area contributed by atoms with Crippen molar-refractivity contribution in [2.45, 2.75) is 97.1 Å². The van der Waals surface area contributed by atoms with Gasteiger partial charge >= 0.3 is 0 Å². The fourth-order valence-corrected chi connectivity index (χ4v) is 9.68. The van der Waals surface area contributed by atoms with Gasteiger partial charge in [-0.2, -0.15) is 8.42 Å². The number of nitrogens with one attached hydrogen (secondary N) is 1. The van der Waals surface area contributed by atoms with Crippen molar-refractivity contribution in [1.82, 2.24) is 5.32 Å². The maximum atomic E-state index is 12.2. The molecule has 0 saturated heterocycles. The van der Waals surface area contributed by atoms with Crippen LogP contribution in [0.25, 0.3) is 10.4 Å². The Morgan fingerprint density at radius 3 is 2.53 bits per heavy atom. The molecular weight excluding hydrogens is 480 g/mol. The van der Waals surface area contributed by atoms with Crippen LogP contribution in [0.1, 0.15) is 85.0 Å². The van der Waals surface area contributed by atoms with E-state index in [1.54, 1.807) is 0 Å². The van der Waals surface area contributed by atoms with Gasteiger partial charge in [0.1, 0.15) is 0 Å². The largest absolute Gasteiger partial charge is 0.393 e. The van der Waals surface area contributed by atoms with Crippen LogP contribution >= 0.6 is 0 Å². The Balaban J connectivity index is 1.39. The zero-order valence-corrected chi connectivity index (χ0v) is 22.8. The molecule has 1 amide bonds. The number of hydrogen-bond donors (Lipinski definition) is 3. The van der Waals surface area contributed by atoms with Crippen LogP contribution in [0.4, 0.5) is 0 Å². The second kappa shape index (κ2) is 10.4. The minimum absolute atomic E-state index is 0.0626. The zero-order valence-electron chi connectivity index (χ0n) is 22.0. The van der Waals surface area contributed by atoms with E-state index in [-0.39, 0.29) is 35.4 Å². The number of nitrogens with zero attached hydrogens (tertiary/aromatic N) is 3. The van der Waals surface area contributed by atoms with Crippen molar-refractivity contribution in [3.63, 3.8) is 0 Å². The van der Waals surface area contributed by atoms with Crippen molar-refractivity contribution in [2.75, 3.05) is 12.3 Å². The molecule has 2 unspecified atom stereocenters. The van der Waals surface area contributed by atoms with Gasteiger partial charge < -0.3 is 10.4 Å². The number of aliphatic hydroxyl groups is 1. The summed E-state index contributed by atoms with van der Waals surface area (Å²) in [7, 11) is -4.07. The average Bonchev–Trinajstić information content (AvgIpc) is 3.15. The maximum Gasteiger partial charge on any atom is 0.266 e. The van der Waals surface area contributed by atoms with Crippen LogP contribution in [0.3, 0.4) is 0 Å². The number of aliphatic hydroxyl groups excluding tert-OH is 1. The van der Waals surface area contributed by atoms with E-state index in [0.29, 0.717) is 41.9 Å². The molecule has 0 aromatic rings. The Bertz CT molecular complexity index is 985. The van der Waals surface area contributed by atoms with Crippen molar-refractivity contribution in [1.29, 1.82) is 0 Å². The summed E-state index contributed by atoms with van der Waals surface area (Å²) in [5.41, 5.74) is 9.28. The molecule has 0 spiro atoms. The second-order valence-electron chi connectivity index (χ2n) is 12.8. The zero-order chi connectivity index (χ0) is 26.3.